The summed E-state index contributed by atoms with van der Waals surface area (Å²) in [5, 5.41) is 0. The van der Waals surface area contributed by atoms with E-state index >= 15 is 0 Å². The lowest BCUT2D eigenvalue weighted by Gasteiger charge is -2.67. The summed E-state index contributed by atoms with van der Waals surface area (Å²) in [6.07, 6.45) is 4.61. The van der Waals surface area contributed by atoms with Crippen LogP contribution >= 0.6 is 0 Å². The molecule has 3 nitrogen and oxygen atoms in total. The van der Waals surface area contributed by atoms with Gasteiger partial charge in [0.25, 0.3) is 0 Å². The van der Waals surface area contributed by atoms with Crippen molar-refractivity contribution in [2.24, 2.45) is 22.7 Å². The second-order valence-electron chi connectivity index (χ2n) is 7.67. The first-order chi connectivity index (χ1) is 8.81. The summed E-state index contributed by atoms with van der Waals surface area (Å²) in [7, 11) is 0. The monoisotopic (exact) mass is 260 g/mol. The van der Waals surface area contributed by atoms with Crippen molar-refractivity contribution >= 4 is 11.6 Å². The number of carbonyl (C=O) groups is 2. The Morgan fingerprint density at radius 3 is 2.68 bits per heavy atom. The molecule has 4 fully saturated rings. The minimum atomic E-state index is -0.451. The number of hydrogen-bond acceptors (Lipinski definition) is 3. The SMILES string of the molecule is CC1(C)[C@H]2CC(=O)C=C3O[C@]4(C)CC[C@@H]1C32C(=O)C4. The number of ketones is 2. The fourth-order valence-electron chi connectivity index (χ4n) is 5.47. The van der Waals surface area contributed by atoms with Gasteiger partial charge in [0, 0.05) is 18.9 Å². The summed E-state index contributed by atoms with van der Waals surface area (Å²) in [4.78, 5) is 24.8. The highest BCUT2D eigenvalue weighted by molar-refractivity contribution is 6.00. The van der Waals surface area contributed by atoms with E-state index in [9.17, 15) is 9.59 Å². The van der Waals surface area contributed by atoms with Crippen molar-refractivity contribution in [2.45, 2.75) is 52.1 Å². The molecule has 3 aliphatic carbocycles. The van der Waals surface area contributed by atoms with Crippen LogP contribution in [0.3, 0.4) is 0 Å². The summed E-state index contributed by atoms with van der Waals surface area (Å²) < 4.78 is 6.15. The van der Waals surface area contributed by atoms with Crippen molar-refractivity contribution in [1.29, 1.82) is 0 Å². The molecule has 102 valence electrons. The maximum absolute atomic E-state index is 12.8. The molecule has 19 heavy (non-hydrogen) atoms. The fraction of sp³-hybridized carbons (Fsp3) is 0.750. The van der Waals surface area contributed by atoms with Crippen LogP contribution in [0.25, 0.3) is 0 Å². The lowest BCUT2D eigenvalue weighted by Crippen LogP contribution is -2.69. The third-order valence-electron chi connectivity index (χ3n) is 6.31. The molecule has 0 N–H and O–H groups in total. The molecule has 0 aromatic rings. The van der Waals surface area contributed by atoms with Crippen LogP contribution in [0.1, 0.15) is 46.5 Å². The van der Waals surface area contributed by atoms with E-state index in [2.05, 4.69) is 13.8 Å². The predicted molar refractivity (Wildman–Crippen MR) is 69.2 cm³/mol. The topological polar surface area (TPSA) is 43.4 Å². The van der Waals surface area contributed by atoms with E-state index in [1.807, 2.05) is 6.92 Å². The average molecular weight is 260 g/mol. The molecule has 3 heteroatoms. The second kappa shape index (κ2) is 2.97. The summed E-state index contributed by atoms with van der Waals surface area (Å²) in [5.41, 5.74) is -0.763. The van der Waals surface area contributed by atoms with Gasteiger partial charge in [-0.2, -0.15) is 0 Å². The minimum absolute atomic E-state index is 0.0732. The summed E-state index contributed by atoms with van der Waals surface area (Å²) in [5.74, 6) is 1.65. The van der Waals surface area contributed by atoms with E-state index in [-0.39, 0.29) is 22.7 Å². The maximum atomic E-state index is 12.8. The van der Waals surface area contributed by atoms with E-state index in [4.69, 9.17) is 4.74 Å². The molecule has 0 amide bonds. The van der Waals surface area contributed by atoms with Gasteiger partial charge in [0.15, 0.2) is 11.6 Å². The zero-order chi connectivity index (χ0) is 13.6. The van der Waals surface area contributed by atoms with Gasteiger partial charge in [0.2, 0.25) is 0 Å². The van der Waals surface area contributed by atoms with Crippen LogP contribution in [0.4, 0.5) is 0 Å². The van der Waals surface area contributed by atoms with E-state index in [1.165, 1.54) is 0 Å². The van der Waals surface area contributed by atoms with Crippen LogP contribution < -0.4 is 0 Å². The maximum Gasteiger partial charge on any atom is 0.159 e. The highest BCUT2D eigenvalue weighted by Crippen LogP contribution is 2.74. The zero-order valence-corrected chi connectivity index (χ0v) is 11.8. The molecule has 5 aliphatic rings. The van der Waals surface area contributed by atoms with Crippen molar-refractivity contribution in [3.8, 4) is 0 Å². The molecule has 1 spiro atoms. The van der Waals surface area contributed by atoms with Gasteiger partial charge < -0.3 is 4.74 Å². The van der Waals surface area contributed by atoms with Gasteiger partial charge >= 0.3 is 0 Å². The Kier molecular flexibility index (Phi) is 1.82. The van der Waals surface area contributed by atoms with Gasteiger partial charge in [-0.3, -0.25) is 9.59 Å². The molecule has 1 unspecified atom stereocenters. The van der Waals surface area contributed by atoms with Crippen LogP contribution in [-0.2, 0) is 14.3 Å². The third-order valence-corrected chi connectivity index (χ3v) is 6.31. The van der Waals surface area contributed by atoms with Gasteiger partial charge in [-0.05, 0) is 37.0 Å². The predicted octanol–water partition coefficient (Wildman–Crippen LogP) is 2.64. The molecule has 4 atom stereocenters. The van der Waals surface area contributed by atoms with Crippen LogP contribution in [0, 0.1) is 22.7 Å². The quantitative estimate of drug-likeness (QED) is 0.672. The molecule has 2 heterocycles. The first-order valence-corrected chi connectivity index (χ1v) is 7.28. The molecule has 2 saturated heterocycles. The summed E-state index contributed by atoms with van der Waals surface area (Å²) in [6.45, 7) is 6.46. The number of hydrogen-bond donors (Lipinski definition) is 0. The smallest absolute Gasteiger partial charge is 0.159 e. The van der Waals surface area contributed by atoms with Crippen LogP contribution in [-0.4, -0.2) is 17.2 Å². The van der Waals surface area contributed by atoms with Crippen molar-refractivity contribution in [1.82, 2.24) is 0 Å². The van der Waals surface area contributed by atoms with Crippen molar-refractivity contribution in [3.63, 3.8) is 0 Å². The normalized spacial score (nSPS) is 49.7. The lowest BCUT2D eigenvalue weighted by atomic mass is 9.35. The number of carbonyl (C=O) groups excluding carboxylic acids is 2. The van der Waals surface area contributed by atoms with E-state index in [1.54, 1.807) is 6.08 Å². The molecule has 2 aliphatic heterocycles. The standard InChI is InChI=1S/C16H20O3/c1-14(2)10-4-5-15(3)8-12(18)16(10)11(14)6-9(17)7-13(16)19-15/h7,10-11H,4-6,8H2,1-3H3/t10-,11+,15+,16?/m0/s1. The van der Waals surface area contributed by atoms with Gasteiger partial charge in [-0.25, -0.2) is 0 Å². The molecule has 0 radical (unpaired) electrons. The number of fused-ring (bicyclic) bond motifs is 2. The Balaban J connectivity index is 1.97. The Morgan fingerprint density at radius 1 is 1.21 bits per heavy atom. The molecule has 0 aromatic carbocycles. The molecule has 0 aromatic heterocycles. The Morgan fingerprint density at radius 2 is 1.95 bits per heavy atom. The van der Waals surface area contributed by atoms with Crippen molar-refractivity contribution < 1.29 is 14.3 Å². The molecular formula is C16H20O3. The number of Topliss-reactive ketones (excluding diaryl/α,β-unsaturated/α-hetero) is 1. The molecular weight excluding hydrogens is 240 g/mol. The fourth-order valence-corrected chi connectivity index (χ4v) is 5.47. The molecule has 2 bridgehead atoms. The summed E-state index contributed by atoms with van der Waals surface area (Å²) in [6, 6.07) is 0. The average Bonchev–Trinajstić information content (AvgIpc) is 2.47. The Bertz CT molecular complexity index is 544. The second-order valence-corrected chi connectivity index (χ2v) is 7.67. The van der Waals surface area contributed by atoms with Crippen molar-refractivity contribution in [3.05, 3.63) is 11.8 Å². The van der Waals surface area contributed by atoms with Crippen LogP contribution in [0.15, 0.2) is 11.8 Å². The van der Waals surface area contributed by atoms with Crippen LogP contribution in [0.5, 0.6) is 0 Å². The van der Waals surface area contributed by atoms with E-state index in [0.29, 0.717) is 30.3 Å². The largest absolute Gasteiger partial charge is 0.490 e. The Labute approximate surface area is 113 Å². The molecule has 2 saturated carbocycles. The number of ether oxygens (including phenoxy) is 1. The first-order valence-electron chi connectivity index (χ1n) is 7.28. The number of allylic oxidation sites excluding steroid dienone is 2. The third kappa shape index (κ3) is 1.08. The van der Waals surface area contributed by atoms with E-state index < -0.39 is 5.41 Å². The van der Waals surface area contributed by atoms with Gasteiger partial charge in [-0.1, -0.05) is 13.8 Å². The van der Waals surface area contributed by atoms with Gasteiger partial charge in [0.1, 0.15) is 11.4 Å². The van der Waals surface area contributed by atoms with Gasteiger partial charge in [0.05, 0.1) is 5.41 Å². The van der Waals surface area contributed by atoms with Gasteiger partial charge in [-0.15, -0.1) is 0 Å². The molecule has 5 rings (SSSR count). The highest BCUT2D eigenvalue weighted by Gasteiger charge is 2.76. The number of rotatable bonds is 0. The lowest BCUT2D eigenvalue weighted by molar-refractivity contribution is -0.206. The first kappa shape index (κ1) is 11.7. The zero-order valence-electron chi connectivity index (χ0n) is 11.8. The van der Waals surface area contributed by atoms with Crippen LogP contribution in [0.2, 0.25) is 0 Å². The minimum Gasteiger partial charge on any atom is -0.490 e. The highest BCUT2D eigenvalue weighted by atomic mass is 16.5. The van der Waals surface area contributed by atoms with E-state index in [0.717, 1.165) is 12.8 Å². The van der Waals surface area contributed by atoms with Crippen molar-refractivity contribution in [2.75, 3.05) is 0 Å². The summed E-state index contributed by atoms with van der Waals surface area (Å²) >= 11 is 0. The Hall–Kier alpha value is -1.12.